The normalized spacial score (nSPS) is 33.6. The van der Waals surface area contributed by atoms with E-state index in [9.17, 15) is 19.2 Å². The predicted molar refractivity (Wildman–Crippen MR) is 108 cm³/mol. The smallest absolute Gasteiger partial charge is 0.338 e. The van der Waals surface area contributed by atoms with Crippen LogP contribution in [0, 0.1) is 23.7 Å². The highest BCUT2D eigenvalue weighted by molar-refractivity contribution is 5.98. The van der Waals surface area contributed by atoms with Crippen LogP contribution in [-0.4, -0.2) is 48.8 Å². The molecule has 2 bridgehead atoms. The topological polar surface area (TPSA) is 105 Å². The standard InChI is InChI=1S/C24H26O8/c25-20(14-7-3-1-4-8-14)29-12-16-11-24(13-30-21(26)15-9-5-2-6-10-15)18-17(19(16)32-24)22(27)31-23(18)28/h1,3-4,7-8,15-19H,2,5-6,9-13H2/t16-,17?,18?,19+,24-/m1/s1. The first-order chi connectivity index (χ1) is 15.5. The summed E-state index contributed by atoms with van der Waals surface area (Å²) in [6.07, 6.45) is 4.48. The molecular weight excluding hydrogens is 416 g/mol. The number of hydrogen-bond acceptors (Lipinski definition) is 8. The number of hydrogen-bond donors (Lipinski definition) is 0. The summed E-state index contributed by atoms with van der Waals surface area (Å²) < 4.78 is 22.2. The summed E-state index contributed by atoms with van der Waals surface area (Å²) in [6.45, 7) is -0.0626. The Labute approximate surface area is 185 Å². The molecule has 0 amide bonds. The van der Waals surface area contributed by atoms with Crippen molar-refractivity contribution in [1.29, 1.82) is 0 Å². The van der Waals surface area contributed by atoms with Gasteiger partial charge in [-0.3, -0.25) is 14.4 Å². The molecule has 1 aromatic rings. The Bertz CT molecular complexity index is 921. The lowest BCUT2D eigenvalue weighted by molar-refractivity contribution is -0.168. The van der Waals surface area contributed by atoms with Crippen molar-refractivity contribution < 1.29 is 38.1 Å². The van der Waals surface area contributed by atoms with Crippen LogP contribution < -0.4 is 0 Å². The molecule has 8 nitrogen and oxygen atoms in total. The molecule has 1 aliphatic carbocycles. The summed E-state index contributed by atoms with van der Waals surface area (Å²) in [4.78, 5) is 49.7. The van der Waals surface area contributed by atoms with Gasteiger partial charge in [0.25, 0.3) is 0 Å². The van der Waals surface area contributed by atoms with Crippen LogP contribution in [0.3, 0.4) is 0 Å². The lowest BCUT2D eigenvalue weighted by Crippen LogP contribution is -2.47. The van der Waals surface area contributed by atoms with E-state index in [2.05, 4.69) is 0 Å². The molecule has 5 atom stereocenters. The molecule has 0 spiro atoms. The number of cyclic esters (lactones) is 2. The first kappa shape index (κ1) is 21.1. The molecule has 3 saturated heterocycles. The van der Waals surface area contributed by atoms with E-state index < -0.39 is 41.4 Å². The Morgan fingerprint density at radius 2 is 1.75 bits per heavy atom. The second kappa shape index (κ2) is 8.31. The van der Waals surface area contributed by atoms with E-state index in [4.69, 9.17) is 18.9 Å². The summed E-state index contributed by atoms with van der Waals surface area (Å²) in [5.41, 5.74) is -0.687. The minimum atomic E-state index is -1.12. The van der Waals surface area contributed by atoms with Crippen molar-refractivity contribution in [1.82, 2.24) is 0 Å². The molecule has 3 heterocycles. The molecule has 0 radical (unpaired) electrons. The first-order valence-corrected chi connectivity index (χ1v) is 11.3. The van der Waals surface area contributed by atoms with Crippen LogP contribution in [0.15, 0.2) is 30.3 Å². The Kier molecular flexibility index (Phi) is 5.49. The van der Waals surface area contributed by atoms with Gasteiger partial charge in [-0.05, 0) is 31.4 Å². The minimum absolute atomic E-state index is 0.0431. The van der Waals surface area contributed by atoms with Crippen molar-refractivity contribution in [3.8, 4) is 0 Å². The third-order valence-electron chi connectivity index (χ3n) is 7.29. The summed E-state index contributed by atoms with van der Waals surface area (Å²) in [5, 5.41) is 0. The van der Waals surface area contributed by atoms with Crippen LogP contribution in [0.4, 0.5) is 0 Å². The lowest BCUT2D eigenvalue weighted by atomic mass is 9.69. The zero-order valence-electron chi connectivity index (χ0n) is 17.7. The monoisotopic (exact) mass is 442 g/mol. The molecule has 2 unspecified atom stereocenters. The minimum Gasteiger partial charge on any atom is -0.462 e. The fourth-order valence-electron chi connectivity index (χ4n) is 5.75. The largest absolute Gasteiger partial charge is 0.462 e. The number of carbonyl (C=O) groups excluding carboxylic acids is 4. The fraction of sp³-hybridized carbons (Fsp3) is 0.583. The van der Waals surface area contributed by atoms with Gasteiger partial charge >= 0.3 is 23.9 Å². The van der Waals surface area contributed by atoms with E-state index in [1.807, 2.05) is 6.07 Å². The first-order valence-electron chi connectivity index (χ1n) is 11.3. The maximum atomic E-state index is 12.6. The summed E-state index contributed by atoms with van der Waals surface area (Å²) >= 11 is 0. The number of benzene rings is 1. The molecule has 170 valence electrons. The molecule has 1 saturated carbocycles. The van der Waals surface area contributed by atoms with Crippen molar-refractivity contribution >= 4 is 23.9 Å². The molecule has 8 heteroatoms. The predicted octanol–water partition coefficient (Wildman–Crippen LogP) is 2.44. The number of carbonyl (C=O) groups is 4. The molecule has 3 aliphatic heterocycles. The van der Waals surface area contributed by atoms with E-state index in [0.717, 1.165) is 32.1 Å². The van der Waals surface area contributed by atoms with Gasteiger partial charge in [0.1, 0.15) is 24.0 Å². The van der Waals surface area contributed by atoms with Gasteiger partial charge < -0.3 is 18.9 Å². The van der Waals surface area contributed by atoms with Gasteiger partial charge in [0.2, 0.25) is 0 Å². The van der Waals surface area contributed by atoms with Crippen LogP contribution in [0.2, 0.25) is 0 Å². The van der Waals surface area contributed by atoms with Crippen molar-refractivity contribution in [2.75, 3.05) is 13.2 Å². The highest BCUT2D eigenvalue weighted by Crippen LogP contribution is 2.57. The van der Waals surface area contributed by atoms with Crippen molar-refractivity contribution in [3.05, 3.63) is 35.9 Å². The van der Waals surface area contributed by atoms with E-state index in [1.165, 1.54) is 0 Å². The van der Waals surface area contributed by atoms with Crippen LogP contribution in [0.1, 0.15) is 48.9 Å². The Morgan fingerprint density at radius 3 is 2.50 bits per heavy atom. The number of fused-ring (bicyclic) bond motifs is 5. The second-order valence-corrected chi connectivity index (χ2v) is 9.26. The quantitative estimate of drug-likeness (QED) is 0.376. The average molecular weight is 442 g/mol. The molecule has 0 N–H and O–H groups in total. The van der Waals surface area contributed by atoms with Crippen molar-refractivity contribution in [3.63, 3.8) is 0 Å². The highest BCUT2D eigenvalue weighted by atomic mass is 16.6. The van der Waals surface area contributed by atoms with Gasteiger partial charge in [-0.25, -0.2) is 4.79 Å². The summed E-state index contributed by atoms with van der Waals surface area (Å²) in [7, 11) is 0. The Balaban J connectivity index is 1.28. The number of rotatable bonds is 6. The van der Waals surface area contributed by atoms with Crippen LogP contribution in [-0.2, 0) is 33.3 Å². The van der Waals surface area contributed by atoms with E-state index in [-0.39, 0.29) is 31.0 Å². The zero-order chi connectivity index (χ0) is 22.3. The Hall–Kier alpha value is -2.74. The maximum absolute atomic E-state index is 12.6. The maximum Gasteiger partial charge on any atom is 0.338 e. The van der Waals surface area contributed by atoms with Gasteiger partial charge in [0.05, 0.1) is 24.2 Å². The summed E-state index contributed by atoms with van der Waals surface area (Å²) in [6, 6.07) is 8.63. The van der Waals surface area contributed by atoms with Gasteiger partial charge in [-0.15, -0.1) is 0 Å². The van der Waals surface area contributed by atoms with E-state index in [0.29, 0.717) is 12.0 Å². The molecule has 0 aromatic heterocycles. The van der Waals surface area contributed by atoms with Crippen LogP contribution >= 0.6 is 0 Å². The molecule has 32 heavy (non-hydrogen) atoms. The average Bonchev–Trinajstić information content (AvgIpc) is 3.46. The van der Waals surface area contributed by atoms with E-state index in [1.54, 1.807) is 24.3 Å². The molecule has 4 fully saturated rings. The molecule has 1 aromatic carbocycles. The van der Waals surface area contributed by atoms with Gasteiger partial charge in [-0.2, -0.15) is 0 Å². The number of ether oxygens (including phenoxy) is 4. The van der Waals surface area contributed by atoms with Gasteiger partial charge in [0, 0.05) is 5.92 Å². The molecular formula is C24H26O8. The molecule has 4 aliphatic rings. The lowest BCUT2D eigenvalue weighted by Gasteiger charge is -2.32. The van der Waals surface area contributed by atoms with Gasteiger partial charge in [-0.1, -0.05) is 37.5 Å². The fourth-order valence-corrected chi connectivity index (χ4v) is 5.75. The second-order valence-electron chi connectivity index (χ2n) is 9.26. The number of esters is 4. The zero-order valence-corrected chi connectivity index (χ0v) is 17.7. The Morgan fingerprint density at radius 1 is 1.00 bits per heavy atom. The van der Waals surface area contributed by atoms with E-state index >= 15 is 0 Å². The third-order valence-corrected chi connectivity index (χ3v) is 7.29. The van der Waals surface area contributed by atoms with Crippen LogP contribution in [0.25, 0.3) is 0 Å². The molecule has 5 rings (SSSR count). The summed E-state index contributed by atoms with van der Waals surface area (Å²) in [5.74, 6) is -3.97. The third kappa shape index (κ3) is 3.60. The van der Waals surface area contributed by atoms with Crippen molar-refractivity contribution in [2.24, 2.45) is 23.7 Å². The highest BCUT2D eigenvalue weighted by Gasteiger charge is 2.72. The van der Waals surface area contributed by atoms with Gasteiger partial charge in [0.15, 0.2) is 0 Å². The SMILES string of the molecule is O=C(OC[C@H]1C[C@]2(COC(=O)C3CCCCC3)O[C@@H]1C1C(=O)OC(=O)C12)c1ccccc1. The van der Waals surface area contributed by atoms with Crippen LogP contribution in [0.5, 0.6) is 0 Å². The van der Waals surface area contributed by atoms with Crippen molar-refractivity contribution in [2.45, 2.75) is 50.2 Å².